The number of nitroso groups, excluding NO2 is 1. The third kappa shape index (κ3) is 2.32. The predicted octanol–water partition coefficient (Wildman–Crippen LogP) is 3.83. The molecule has 20 heavy (non-hydrogen) atoms. The lowest BCUT2D eigenvalue weighted by atomic mass is 9.98. The second-order valence-corrected chi connectivity index (χ2v) is 4.95. The van der Waals surface area contributed by atoms with Gasteiger partial charge in [-0.1, -0.05) is 60.2 Å². The Hall–Kier alpha value is -2.49. The molecule has 2 aromatic rings. The molecule has 0 radical (unpaired) electrons. The highest BCUT2D eigenvalue weighted by Gasteiger charge is 2.29. The number of rotatable bonds is 3. The number of hydrogen-bond acceptors (Lipinski definition) is 3. The Morgan fingerprint density at radius 3 is 2.45 bits per heavy atom. The van der Waals surface area contributed by atoms with E-state index in [1.165, 1.54) is 10.7 Å². The Bertz CT molecular complexity index is 635. The zero-order valence-corrected chi connectivity index (χ0v) is 11.2. The van der Waals surface area contributed by atoms with Gasteiger partial charge in [0.15, 0.2) is 0 Å². The van der Waals surface area contributed by atoms with Crippen LogP contribution in [-0.4, -0.2) is 10.8 Å². The summed E-state index contributed by atoms with van der Waals surface area (Å²) in [5, 5.41) is 8.64. The van der Waals surface area contributed by atoms with E-state index in [9.17, 15) is 4.91 Å². The molecule has 0 aromatic heterocycles. The fraction of sp³-hybridized carbons (Fsp3) is 0.188. The summed E-state index contributed by atoms with van der Waals surface area (Å²) in [6, 6.07) is 17.9. The van der Waals surface area contributed by atoms with E-state index in [0.717, 1.165) is 16.8 Å². The molecule has 0 bridgehead atoms. The van der Waals surface area contributed by atoms with Crippen molar-refractivity contribution in [2.45, 2.75) is 19.4 Å². The number of hydrazone groups is 1. The number of hydrogen-bond donors (Lipinski definition) is 0. The highest BCUT2D eigenvalue weighted by Crippen LogP contribution is 2.32. The maximum atomic E-state index is 11.0. The topological polar surface area (TPSA) is 45.0 Å². The molecule has 0 saturated heterocycles. The Balaban J connectivity index is 1.89. The van der Waals surface area contributed by atoms with Crippen LogP contribution in [0.25, 0.3) is 0 Å². The maximum Gasteiger partial charge on any atom is 0.105 e. The largest absolute Gasteiger partial charge is 0.156 e. The molecule has 1 atom stereocenters. The smallest absolute Gasteiger partial charge is 0.105 e. The second kappa shape index (κ2) is 5.25. The number of benzene rings is 2. The summed E-state index contributed by atoms with van der Waals surface area (Å²) in [7, 11) is 0. The molecule has 0 spiro atoms. The van der Waals surface area contributed by atoms with Crippen molar-refractivity contribution in [2.24, 2.45) is 10.4 Å². The maximum absolute atomic E-state index is 11.0. The second-order valence-electron chi connectivity index (χ2n) is 4.95. The SMILES string of the molecule is Cc1ccc(C2=NN(N=O)C(c3ccccc3)C2)cc1. The molecule has 0 aliphatic carbocycles. The van der Waals surface area contributed by atoms with Gasteiger partial charge < -0.3 is 0 Å². The van der Waals surface area contributed by atoms with Crippen LogP contribution < -0.4 is 0 Å². The van der Waals surface area contributed by atoms with Crippen LogP contribution in [0.3, 0.4) is 0 Å². The highest BCUT2D eigenvalue weighted by molar-refractivity contribution is 6.01. The monoisotopic (exact) mass is 265 g/mol. The normalized spacial score (nSPS) is 17.9. The van der Waals surface area contributed by atoms with E-state index >= 15 is 0 Å². The average Bonchev–Trinajstić information content (AvgIpc) is 2.93. The number of nitrogens with zero attached hydrogens (tertiary/aromatic N) is 3. The van der Waals surface area contributed by atoms with Gasteiger partial charge in [-0.05, 0) is 18.1 Å². The van der Waals surface area contributed by atoms with Crippen molar-refractivity contribution in [3.05, 3.63) is 76.2 Å². The lowest BCUT2D eigenvalue weighted by Gasteiger charge is -2.14. The van der Waals surface area contributed by atoms with Crippen molar-refractivity contribution in [2.75, 3.05) is 0 Å². The van der Waals surface area contributed by atoms with Crippen molar-refractivity contribution >= 4 is 5.71 Å². The van der Waals surface area contributed by atoms with Crippen molar-refractivity contribution < 1.29 is 0 Å². The van der Waals surface area contributed by atoms with Crippen LogP contribution in [0, 0.1) is 11.8 Å². The molecule has 1 heterocycles. The summed E-state index contributed by atoms with van der Waals surface area (Å²) in [5.41, 5.74) is 4.21. The molecule has 4 nitrogen and oxygen atoms in total. The van der Waals surface area contributed by atoms with Gasteiger partial charge in [0, 0.05) is 6.42 Å². The summed E-state index contributed by atoms with van der Waals surface area (Å²) < 4.78 is 0. The molecular formula is C16H15N3O. The van der Waals surface area contributed by atoms with Gasteiger partial charge in [-0.15, -0.1) is 10.0 Å². The molecule has 4 heteroatoms. The van der Waals surface area contributed by atoms with Crippen LogP contribution in [0.4, 0.5) is 0 Å². The van der Waals surface area contributed by atoms with Crippen LogP contribution in [0.1, 0.15) is 29.2 Å². The first-order valence-electron chi connectivity index (χ1n) is 6.60. The molecule has 2 aromatic carbocycles. The van der Waals surface area contributed by atoms with Crippen molar-refractivity contribution in [1.29, 1.82) is 0 Å². The van der Waals surface area contributed by atoms with E-state index in [1.54, 1.807) is 0 Å². The molecule has 1 unspecified atom stereocenters. The van der Waals surface area contributed by atoms with E-state index < -0.39 is 0 Å². The molecular weight excluding hydrogens is 250 g/mol. The third-order valence-corrected chi connectivity index (χ3v) is 3.54. The van der Waals surface area contributed by atoms with Gasteiger partial charge in [-0.25, -0.2) is 0 Å². The zero-order valence-electron chi connectivity index (χ0n) is 11.2. The van der Waals surface area contributed by atoms with Crippen molar-refractivity contribution in [3.8, 4) is 0 Å². The van der Waals surface area contributed by atoms with E-state index in [-0.39, 0.29) is 6.04 Å². The summed E-state index contributed by atoms with van der Waals surface area (Å²) in [6.45, 7) is 2.05. The lowest BCUT2D eigenvalue weighted by molar-refractivity contribution is 0.241. The molecule has 100 valence electrons. The first-order valence-corrected chi connectivity index (χ1v) is 6.60. The Morgan fingerprint density at radius 2 is 1.80 bits per heavy atom. The fourth-order valence-corrected chi connectivity index (χ4v) is 2.42. The molecule has 0 fully saturated rings. The minimum atomic E-state index is -0.106. The Kier molecular flexibility index (Phi) is 3.29. The standard InChI is InChI=1S/C16H15N3O/c1-12-7-9-13(10-8-12)15-11-16(19(17-15)18-20)14-5-3-2-4-6-14/h2-10,16H,11H2,1H3. The summed E-state index contributed by atoms with van der Waals surface area (Å²) in [6.07, 6.45) is 0.693. The molecule has 0 saturated carbocycles. The zero-order chi connectivity index (χ0) is 13.9. The number of aryl methyl sites for hydroxylation is 1. The Labute approximate surface area is 117 Å². The van der Waals surface area contributed by atoms with Gasteiger partial charge in [0.05, 0.1) is 11.0 Å². The van der Waals surface area contributed by atoms with E-state index in [0.29, 0.717) is 6.42 Å². The van der Waals surface area contributed by atoms with E-state index in [4.69, 9.17) is 0 Å². The van der Waals surface area contributed by atoms with Crippen molar-refractivity contribution in [3.63, 3.8) is 0 Å². The van der Waals surface area contributed by atoms with Crippen LogP contribution in [0.2, 0.25) is 0 Å². The van der Waals surface area contributed by atoms with Gasteiger partial charge in [-0.3, -0.25) is 0 Å². The quantitative estimate of drug-likeness (QED) is 0.792. The van der Waals surface area contributed by atoms with E-state index in [2.05, 4.69) is 10.4 Å². The third-order valence-electron chi connectivity index (χ3n) is 3.54. The minimum Gasteiger partial charge on any atom is -0.156 e. The van der Waals surface area contributed by atoms with Crippen LogP contribution >= 0.6 is 0 Å². The van der Waals surface area contributed by atoms with Crippen LogP contribution in [-0.2, 0) is 0 Å². The molecule has 0 amide bonds. The first-order chi connectivity index (χ1) is 9.78. The van der Waals surface area contributed by atoms with Crippen molar-refractivity contribution in [1.82, 2.24) is 5.12 Å². The average molecular weight is 265 g/mol. The van der Waals surface area contributed by atoms with Gasteiger partial charge in [0.25, 0.3) is 0 Å². The van der Waals surface area contributed by atoms with E-state index in [1.807, 2.05) is 61.5 Å². The summed E-state index contributed by atoms with van der Waals surface area (Å²) in [4.78, 5) is 11.0. The van der Waals surface area contributed by atoms with Gasteiger partial charge in [0.2, 0.25) is 0 Å². The molecule has 0 N–H and O–H groups in total. The Morgan fingerprint density at radius 1 is 1.10 bits per heavy atom. The summed E-state index contributed by atoms with van der Waals surface area (Å²) in [5.74, 6) is 0. The predicted molar refractivity (Wildman–Crippen MR) is 79.2 cm³/mol. The highest BCUT2D eigenvalue weighted by atomic mass is 16.3. The van der Waals surface area contributed by atoms with Gasteiger partial charge in [0.1, 0.15) is 6.04 Å². The molecule has 1 aliphatic heterocycles. The first kappa shape index (κ1) is 12.5. The van der Waals surface area contributed by atoms with Gasteiger partial charge >= 0.3 is 0 Å². The fourth-order valence-electron chi connectivity index (χ4n) is 2.42. The van der Waals surface area contributed by atoms with Gasteiger partial charge in [-0.2, -0.15) is 5.10 Å². The minimum absolute atomic E-state index is 0.106. The summed E-state index contributed by atoms with van der Waals surface area (Å²) >= 11 is 0. The molecule has 1 aliphatic rings. The van der Waals surface area contributed by atoms with Crippen LogP contribution in [0.15, 0.2) is 65.0 Å². The lowest BCUT2D eigenvalue weighted by Crippen LogP contribution is -2.12. The van der Waals surface area contributed by atoms with Crippen LogP contribution in [0.5, 0.6) is 0 Å². The molecule has 3 rings (SSSR count).